The van der Waals surface area contributed by atoms with Crippen LogP contribution in [0.3, 0.4) is 0 Å². The van der Waals surface area contributed by atoms with Crippen LogP contribution in [0.2, 0.25) is 15.1 Å². The van der Waals surface area contributed by atoms with Crippen LogP contribution in [0, 0.1) is 6.92 Å². The number of H-pyrrole nitrogens is 1. The number of aromatic nitrogens is 6. The zero-order valence-corrected chi connectivity index (χ0v) is 21.9. The number of aromatic amines is 1. The molecule has 188 valence electrons. The maximum atomic E-state index is 13.0. The molecule has 5 aromatic rings. The number of imidazole rings is 1. The Balaban J connectivity index is 1.52. The lowest BCUT2D eigenvalue weighted by molar-refractivity contribution is 0.100. The summed E-state index contributed by atoms with van der Waals surface area (Å²) in [7, 11) is 1.56. The largest absolute Gasteiger partial charge is 0.481 e. The molecule has 3 heterocycles. The summed E-state index contributed by atoms with van der Waals surface area (Å²) < 4.78 is 5.22. The molecule has 0 saturated heterocycles. The molecule has 0 aliphatic carbocycles. The Kier molecular flexibility index (Phi) is 7.01. The van der Waals surface area contributed by atoms with Gasteiger partial charge in [-0.1, -0.05) is 46.9 Å². The third kappa shape index (κ3) is 5.24. The maximum Gasteiger partial charge on any atom is 0.274 e. The van der Waals surface area contributed by atoms with Crippen molar-refractivity contribution in [2.75, 3.05) is 12.5 Å². The minimum Gasteiger partial charge on any atom is -0.481 e. The number of pyridine rings is 1. The van der Waals surface area contributed by atoms with Crippen LogP contribution in [0.15, 0.2) is 54.7 Å². The van der Waals surface area contributed by atoms with Crippen molar-refractivity contribution < 1.29 is 9.53 Å². The fourth-order valence-corrected chi connectivity index (χ4v) is 4.73. The molecule has 12 heteroatoms. The molecule has 0 aliphatic rings. The van der Waals surface area contributed by atoms with Crippen molar-refractivity contribution in [3.63, 3.8) is 0 Å². The first-order valence-electron chi connectivity index (χ1n) is 11.2. The van der Waals surface area contributed by atoms with E-state index in [1.54, 1.807) is 50.6 Å². The molecule has 2 N–H and O–H groups in total. The Morgan fingerprint density at radius 1 is 1.11 bits per heavy atom. The maximum absolute atomic E-state index is 13.0. The molecular formula is C25H20Cl3N7O2. The van der Waals surface area contributed by atoms with Crippen molar-refractivity contribution in [2.45, 2.75) is 19.3 Å². The highest BCUT2D eigenvalue weighted by molar-refractivity contribution is 6.40. The molecule has 37 heavy (non-hydrogen) atoms. The molecule has 3 aromatic heterocycles. The summed E-state index contributed by atoms with van der Waals surface area (Å²) in [6.07, 6.45) is 2.05. The van der Waals surface area contributed by atoms with Gasteiger partial charge in [0.2, 0.25) is 5.88 Å². The van der Waals surface area contributed by atoms with Crippen molar-refractivity contribution in [1.29, 1.82) is 0 Å². The van der Waals surface area contributed by atoms with Gasteiger partial charge >= 0.3 is 0 Å². The number of nitrogens with one attached hydrogen (secondary N) is 2. The van der Waals surface area contributed by atoms with Gasteiger partial charge in [-0.25, -0.2) is 20.4 Å². The van der Waals surface area contributed by atoms with Gasteiger partial charge in [-0.05, 0) is 42.8 Å². The van der Waals surface area contributed by atoms with Crippen molar-refractivity contribution in [3.05, 3.63) is 98.4 Å². The van der Waals surface area contributed by atoms with E-state index in [9.17, 15) is 4.79 Å². The predicted octanol–water partition coefficient (Wildman–Crippen LogP) is 5.59. The highest BCUT2D eigenvalue weighted by atomic mass is 35.5. The zero-order valence-electron chi connectivity index (χ0n) is 19.7. The van der Waals surface area contributed by atoms with Crippen LogP contribution < -0.4 is 10.2 Å². The molecule has 1 unspecified atom stereocenters. The van der Waals surface area contributed by atoms with E-state index in [1.807, 2.05) is 18.2 Å². The highest BCUT2D eigenvalue weighted by Gasteiger charge is 2.24. The van der Waals surface area contributed by atoms with Crippen LogP contribution in [-0.4, -0.2) is 42.8 Å². The van der Waals surface area contributed by atoms with Crippen LogP contribution in [0.25, 0.3) is 11.0 Å². The van der Waals surface area contributed by atoms with E-state index in [4.69, 9.17) is 44.5 Å². The number of fused-ring (bicyclic) bond motifs is 1. The van der Waals surface area contributed by atoms with Gasteiger partial charge in [-0.3, -0.25) is 4.79 Å². The predicted molar refractivity (Wildman–Crippen MR) is 142 cm³/mol. The number of carbonyl (C=O) groups is 1. The molecule has 0 saturated carbocycles. The summed E-state index contributed by atoms with van der Waals surface area (Å²) in [4.78, 5) is 31.4. The number of aryl methyl sites for hydroxylation is 1. The minimum atomic E-state index is -0.511. The smallest absolute Gasteiger partial charge is 0.274 e. The fraction of sp³-hybridized carbons (Fsp3) is 0.160. The Hall–Kier alpha value is -3.66. The number of benzene rings is 2. The second-order valence-electron chi connectivity index (χ2n) is 8.20. The van der Waals surface area contributed by atoms with Gasteiger partial charge in [-0.2, -0.15) is 4.79 Å². The fourth-order valence-electron chi connectivity index (χ4n) is 3.99. The highest BCUT2D eigenvalue weighted by Crippen LogP contribution is 2.30. The molecule has 5 rings (SSSR count). The molecule has 0 bridgehead atoms. The second-order valence-corrected chi connectivity index (χ2v) is 9.45. The number of halogens is 3. The minimum absolute atomic E-state index is 0.148. The van der Waals surface area contributed by atoms with E-state index in [0.29, 0.717) is 34.8 Å². The number of amides is 1. The zero-order chi connectivity index (χ0) is 26.1. The number of methoxy groups -OCH3 is 1. The number of ether oxygens (including phenoxy) is 1. The Morgan fingerprint density at radius 2 is 1.89 bits per heavy atom. The van der Waals surface area contributed by atoms with E-state index in [2.05, 4.69) is 25.5 Å². The van der Waals surface area contributed by atoms with Gasteiger partial charge < -0.3 is 9.72 Å². The van der Waals surface area contributed by atoms with E-state index in [0.717, 1.165) is 16.6 Å². The molecule has 0 spiro atoms. The lowest BCUT2D eigenvalue weighted by atomic mass is 9.96. The first-order chi connectivity index (χ1) is 17.8. The molecule has 9 nitrogen and oxygen atoms in total. The summed E-state index contributed by atoms with van der Waals surface area (Å²) in [6.45, 7) is 1.74. The van der Waals surface area contributed by atoms with Crippen LogP contribution in [-0.2, 0) is 6.42 Å². The van der Waals surface area contributed by atoms with Crippen molar-refractivity contribution in [1.82, 2.24) is 29.8 Å². The number of nitrogens with zero attached hydrogens (tertiary/aromatic N) is 5. The number of carbonyl (C=O) groups excluding carboxylic acids is 1. The quantitative estimate of drug-likeness (QED) is 0.271. The lowest BCUT2D eigenvalue weighted by Gasteiger charge is -2.16. The first-order valence-corrected chi connectivity index (χ1v) is 12.3. The van der Waals surface area contributed by atoms with Crippen molar-refractivity contribution in [2.24, 2.45) is 0 Å². The normalized spacial score (nSPS) is 12.0. The summed E-state index contributed by atoms with van der Waals surface area (Å²) >= 11 is 18.6. The molecule has 2 aromatic carbocycles. The number of hydrogen-bond acceptors (Lipinski definition) is 6. The summed E-state index contributed by atoms with van der Waals surface area (Å²) in [5.74, 6) is 1.31. The van der Waals surface area contributed by atoms with Crippen LogP contribution in [0.4, 0.5) is 0 Å². The van der Waals surface area contributed by atoms with Gasteiger partial charge in [-0.15, -0.1) is 5.10 Å². The summed E-state index contributed by atoms with van der Waals surface area (Å²) in [5, 5.41) is 5.42. The molecule has 0 radical (unpaired) electrons. The Bertz CT molecular complexity index is 1580. The first kappa shape index (κ1) is 25.0. The Morgan fingerprint density at radius 3 is 2.59 bits per heavy atom. The van der Waals surface area contributed by atoms with Crippen molar-refractivity contribution >= 4 is 51.7 Å². The molecule has 1 atom stereocenters. The van der Waals surface area contributed by atoms with Gasteiger partial charge in [0.15, 0.2) is 5.82 Å². The SMILES string of the molecule is COc1ccc(C(Cc2nc(C)nn2NC(=O)c2c(Cl)cccc2Cl)c2nc3ccc(Cl)cc3[nH]2)cn1. The molecule has 1 amide bonds. The third-order valence-corrected chi connectivity index (χ3v) is 6.59. The van der Waals surface area contributed by atoms with E-state index in [-0.39, 0.29) is 21.5 Å². The van der Waals surface area contributed by atoms with Crippen LogP contribution in [0.1, 0.15) is 39.3 Å². The topological polar surface area (TPSA) is 111 Å². The Labute approximate surface area is 226 Å². The average molecular weight is 557 g/mol. The van der Waals surface area contributed by atoms with Gasteiger partial charge in [0.05, 0.1) is 39.7 Å². The standard InChI is InChI=1S/C25H20Cl3N7O2/c1-13-30-21(35(33-13)34-25(36)23-17(27)4-3-5-18(23)28)11-16(14-6-9-22(37-2)29-12-14)24-31-19-8-7-15(26)10-20(19)32-24/h3-10,12,16H,11H2,1-2H3,(H,31,32)(H,34,36). The van der Waals surface area contributed by atoms with Gasteiger partial charge in [0.25, 0.3) is 5.91 Å². The summed E-state index contributed by atoms with van der Waals surface area (Å²) in [5.41, 5.74) is 5.32. The third-order valence-electron chi connectivity index (χ3n) is 5.73. The van der Waals surface area contributed by atoms with E-state index >= 15 is 0 Å². The van der Waals surface area contributed by atoms with Crippen molar-refractivity contribution in [3.8, 4) is 5.88 Å². The number of hydrogen-bond donors (Lipinski definition) is 2. The van der Waals surface area contributed by atoms with Gasteiger partial charge in [0.1, 0.15) is 11.6 Å². The van der Waals surface area contributed by atoms with Gasteiger partial charge in [0, 0.05) is 23.7 Å². The number of rotatable bonds is 7. The van der Waals surface area contributed by atoms with E-state index in [1.165, 1.54) is 4.79 Å². The average Bonchev–Trinajstić information content (AvgIpc) is 3.44. The molecule has 0 aliphatic heterocycles. The second kappa shape index (κ2) is 10.4. The monoisotopic (exact) mass is 555 g/mol. The molecule has 0 fully saturated rings. The molecular weight excluding hydrogens is 537 g/mol. The van der Waals surface area contributed by atoms with Crippen LogP contribution >= 0.6 is 34.8 Å². The van der Waals surface area contributed by atoms with Crippen LogP contribution in [0.5, 0.6) is 5.88 Å². The van der Waals surface area contributed by atoms with E-state index < -0.39 is 5.91 Å². The lowest BCUT2D eigenvalue weighted by Crippen LogP contribution is -2.27. The summed E-state index contributed by atoms with van der Waals surface area (Å²) in [6, 6.07) is 14.0.